The van der Waals surface area contributed by atoms with Gasteiger partial charge in [0.2, 0.25) is 0 Å². The number of hydrogen-bond donors (Lipinski definition) is 0. The van der Waals surface area contributed by atoms with E-state index >= 15 is 0 Å². The molecule has 100 valence electrons. The third kappa shape index (κ3) is 5.36. The third-order valence-corrected chi connectivity index (χ3v) is 3.49. The van der Waals surface area contributed by atoms with Crippen LogP contribution in [0.15, 0.2) is 0 Å². The second-order valence-electron chi connectivity index (χ2n) is 6.61. The molecule has 0 saturated carbocycles. The Kier molecular flexibility index (Phi) is 3.81. The number of rotatable bonds is 8. The minimum absolute atomic E-state index is 0.0557. The Hall–Kier alpha value is -0.120. The first-order chi connectivity index (χ1) is 7.86. The Morgan fingerprint density at radius 3 is 1.53 bits per heavy atom. The average molecular weight is 242 g/mol. The van der Waals surface area contributed by atoms with Crippen LogP contribution < -0.4 is 0 Å². The van der Waals surface area contributed by atoms with Gasteiger partial charge in [-0.25, -0.2) is 0 Å². The van der Waals surface area contributed by atoms with E-state index in [0.29, 0.717) is 12.2 Å². The first-order valence-electron chi connectivity index (χ1n) is 6.80. The fourth-order valence-corrected chi connectivity index (χ4v) is 2.34. The molecule has 0 aromatic heterocycles. The largest absolute Gasteiger partial charge is 0.373 e. The molecule has 2 saturated heterocycles. The molecular weight excluding hydrogens is 216 g/mol. The molecule has 0 aromatic rings. The maximum absolute atomic E-state index is 6.27. The molecule has 2 aliphatic rings. The lowest BCUT2D eigenvalue weighted by molar-refractivity contribution is -0.131. The highest BCUT2D eigenvalue weighted by molar-refractivity contribution is 4.82. The highest BCUT2D eigenvalue weighted by Crippen LogP contribution is 2.31. The molecule has 0 aliphatic carbocycles. The van der Waals surface area contributed by atoms with Gasteiger partial charge in [0.1, 0.15) is 0 Å². The van der Waals surface area contributed by atoms with E-state index < -0.39 is 0 Å². The van der Waals surface area contributed by atoms with Gasteiger partial charge in [0.25, 0.3) is 0 Å². The summed E-state index contributed by atoms with van der Waals surface area (Å²) in [4.78, 5) is 0. The van der Waals surface area contributed by atoms with Crippen LogP contribution in [0.1, 0.15) is 53.4 Å². The summed E-state index contributed by atoms with van der Waals surface area (Å²) >= 11 is 0. The van der Waals surface area contributed by atoms with Crippen LogP contribution in [0.3, 0.4) is 0 Å². The Balaban J connectivity index is 1.70. The maximum Gasteiger partial charge on any atom is 0.0811 e. The SMILES string of the molecule is CC(C)(CCC1CO1)OC(C)(C)CCC1CO1. The van der Waals surface area contributed by atoms with Crippen molar-refractivity contribution in [1.82, 2.24) is 0 Å². The van der Waals surface area contributed by atoms with Crippen molar-refractivity contribution in [2.24, 2.45) is 0 Å². The van der Waals surface area contributed by atoms with Crippen LogP contribution in [0, 0.1) is 0 Å². The lowest BCUT2D eigenvalue weighted by atomic mass is 9.96. The summed E-state index contributed by atoms with van der Waals surface area (Å²) in [6, 6.07) is 0. The molecule has 0 aromatic carbocycles. The zero-order valence-electron chi connectivity index (χ0n) is 11.6. The molecule has 3 nitrogen and oxygen atoms in total. The molecule has 2 heterocycles. The van der Waals surface area contributed by atoms with E-state index in [2.05, 4.69) is 27.7 Å². The number of hydrogen-bond acceptors (Lipinski definition) is 3. The van der Waals surface area contributed by atoms with E-state index in [0.717, 1.165) is 38.9 Å². The number of epoxide rings is 2. The Morgan fingerprint density at radius 1 is 0.882 bits per heavy atom. The molecule has 2 fully saturated rings. The van der Waals surface area contributed by atoms with Crippen molar-refractivity contribution in [2.75, 3.05) is 13.2 Å². The minimum atomic E-state index is -0.0557. The summed E-state index contributed by atoms with van der Waals surface area (Å²) in [5, 5.41) is 0. The fourth-order valence-electron chi connectivity index (χ4n) is 2.34. The van der Waals surface area contributed by atoms with Crippen LogP contribution in [-0.4, -0.2) is 36.6 Å². The zero-order chi connectivity index (χ0) is 12.5. The van der Waals surface area contributed by atoms with Gasteiger partial charge in [-0.2, -0.15) is 0 Å². The van der Waals surface area contributed by atoms with Gasteiger partial charge >= 0.3 is 0 Å². The van der Waals surface area contributed by atoms with E-state index in [4.69, 9.17) is 14.2 Å². The summed E-state index contributed by atoms with van der Waals surface area (Å²) in [7, 11) is 0. The summed E-state index contributed by atoms with van der Waals surface area (Å²) in [6.07, 6.45) is 5.38. The van der Waals surface area contributed by atoms with Gasteiger partial charge in [0.15, 0.2) is 0 Å². The first kappa shape index (κ1) is 13.3. The highest BCUT2D eigenvalue weighted by Gasteiger charge is 2.33. The second kappa shape index (κ2) is 4.87. The number of ether oxygens (including phenoxy) is 3. The Morgan fingerprint density at radius 2 is 1.24 bits per heavy atom. The van der Waals surface area contributed by atoms with E-state index in [-0.39, 0.29) is 11.2 Å². The van der Waals surface area contributed by atoms with Gasteiger partial charge in [-0.1, -0.05) is 0 Å². The van der Waals surface area contributed by atoms with Crippen LogP contribution in [-0.2, 0) is 14.2 Å². The van der Waals surface area contributed by atoms with E-state index in [1.54, 1.807) is 0 Å². The van der Waals surface area contributed by atoms with Crippen LogP contribution in [0.4, 0.5) is 0 Å². The second-order valence-corrected chi connectivity index (χ2v) is 6.61. The molecule has 0 amide bonds. The average Bonchev–Trinajstić information content (AvgIpc) is 3.05. The molecule has 0 bridgehead atoms. The smallest absolute Gasteiger partial charge is 0.0811 e. The predicted octanol–water partition coefficient (Wildman–Crippen LogP) is 2.92. The summed E-state index contributed by atoms with van der Waals surface area (Å²) < 4.78 is 16.8. The van der Waals surface area contributed by atoms with E-state index in [1.807, 2.05) is 0 Å². The van der Waals surface area contributed by atoms with Crippen molar-refractivity contribution in [1.29, 1.82) is 0 Å². The maximum atomic E-state index is 6.27. The molecule has 17 heavy (non-hydrogen) atoms. The van der Waals surface area contributed by atoms with Gasteiger partial charge in [-0.3, -0.25) is 0 Å². The quantitative estimate of drug-likeness (QED) is 0.614. The minimum Gasteiger partial charge on any atom is -0.373 e. The van der Waals surface area contributed by atoms with Crippen LogP contribution in [0.25, 0.3) is 0 Å². The Labute approximate surface area is 105 Å². The molecule has 0 N–H and O–H groups in total. The lowest BCUT2D eigenvalue weighted by Gasteiger charge is -2.36. The van der Waals surface area contributed by atoms with Gasteiger partial charge < -0.3 is 14.2 Å². The van der Waals surface area contributed by atoms with E-state index in [1.165, 1.54) is 0 Å². The standard InChI is InChI=1S/C14H26O3/c1-13(2,7-5-11-9-15-11)17-14(3,4)8-6-12-10-16-12/h11-12H,5-10H2,1-4H3. The van der Waals surface area contributed by atoms with Gasteiger partial charge in [0.05, 0.1) is 36.6 Å². The van der Waals surface area contributed by atoms with Crippen molar-refractivity contribution in [3.8, 4) is 0 Å². The van der Waals surface area contributed by atoms with Crippen molar-refractivity contribution >= 4 is 0 Å². The monoisotopic (exact) mass is 242 g/mol. The van der Waals surface area contributed by atoms with Crippen molar-refractivity contribution in [3.63, 3.8) is 0 Å². The fraction of sp³-hybridized carbons (Fsp3) is 1.00. The van der Waals surface area contributed by atoms with Gasteiger partial charge in [-0.05, 0) is 53.4 Å². The van der Waals surface area contributed by atoms with Gasteiger partial charge in [0, 0.05) is 0 Å². The molecule has 3 heteroatoms. The normalized spacial score (nSPS) is 28.2. The van der Waals surface area contributed by atoms with Crippen molar-refractivity contribution < 1.29 is 14.2 Å². The van der Waals surface area contributed by atoms with Crippen LogP contribution >= 0.6 is 0 Å². The predicted molar refractivity (Wildman–Crippen MR) is 67.2 cm³/mol. The molecule has 2 aliphatic heterocycles. The van der Waals surface area contributed by atoms with Crippen LogP contribution in [0.5, 0.6) is 0 Å². The summed E-state index contributed by atoms with van der Waals surface area (Å²) in [5.41, 5.74) is -0.111. The van der Waals surface area contributed by atoms with Crippen molar-refractivity contribution in [3.05, 3.63) is 0 Å². The molecule has 2 atom stereocenters. The van der Waals surface area contributed by atoms with E-state index in [9.17, 15) is 0 Å². The summed E-state index contributed by atoms with van der Waals surface area (Å²) in [6.45, 7) is 10.6. The zero-order valence-corrected chi connectivity index (χ0v) is 11.6. The topological polar surface area (TPSA) is 34.3 Å². The highest BCUT2D eigenvalue weighted by atomic mass is 16.6. The molecular formula is C14H26O3. The molecule has 2 rings (SSSR count). The van der Waals surface area contributed by atoms with Crippen LogP contribution in [0.2, 0.25) is 0 Å². The summed E-state index contributed by atoms with van der Waals surface area (Å²) in [5.74, 6) is 0. The molecule has 0 spiro atoms. The molecule has 2 unspecified atom stereocenters. The first-order valence-corrected chi connectivity index (χ1v) is 6.80. The molecule has 0 radical (unpaired) electrons. The Bertz CT molecular complexity index is 226. The lowest BCUT2D eigenvalue weighted by Crippen LogP contribution is -2.37. The third-order valence-electron chi connectivity index (χ3n) is 3.49. The van der Waals surface area contributed by atoms with Crippen molar-refractivity contribution in [2.45, 2.75) is 76.8 Å². The van der Waals surface area contributed by atoms with Gasteiger partial charge in [-0.15, -0.1) is 0 Å².